The van der Waals surface area contributed by atoms with E-state index in [9.17, 15) is 4.39 Å². The van der Waals surface area contributed by atoms with Crippen LogP contribution in [0.1, 0.15) is 11.1 Å². The van der Waals surface area contributed by atoms with Crippen LogP contribution in [0, 0.1) is 12.7 Å². The van der Waals surface area contributed by atoms with Crippen molar-refractivity contribution in [3.8, 4) is 0 Å². The third-order valence-corrected chi connectivity index (χ3v) is 2.20. The van der Waals surface area contributed by atoms with E-state index in [4.69, 9.17) is 0 Å². The normalized spacial score (nSPS) is 10.7. The Labute approximate surface area is 98.2 Å². The van der Waals surface area contributed by atoms with Crippen LogP contribution < -0.4 is 5.43 Å². The first kappa shape index (κ1) is 11.2. The molecule has 2 rings (SSSR count). The second kappa shape index (κ2) is 5.16. The summed E-state index contributed by atoms with van der Waals surface area (Å²) < 4.78 is 13.2. The van der Waals surface area contributed by atoms with Crippen molar-refractivity contribution in [2.45, 2.75) is 6.92 Å². The fourth-order valence-electron chi connectivity index (χ4n) is 1.25. The molecule has 0 fully saturated rings. The molecule has 17 heavy (non-hydrogen) atoms. The summed E-state index contributed by atoms with van der Waals surface area (Å²) in [6, 6.07) is 8.22. The maximum Gasteiger partial charge on any atom is 0.171 e. The van der Waals surface area contributed by atoms with E-state index in [1.807, 2.05) is 13.0 Å². The van der Waals surface area contributed by atoms with E-state index in [1.54, 1.807) is 24.4 Å². The van der Waals surface area contributed by atoms with Gasteiger partial charge in [0.05, 0.1) is 12.4 Å². The smallest absolute Gasteiger partial charge is 0.171 e. The van der Waals surface area contributed by atoms with Gasteiger partial charge in [0.2, 0.25) is 0 Å². The molecule has 0 saturated carbocycles. The van der Waals surface area contributed by atoms with Crippen molar-refractivity contribution >= 4 is 12.0 Å². The molecule has 0 radical (unpaired) electrons. The molecule has 0 unspecified atom stereocenters. The first-order valence-corrected chi connectivity index (χ1v) is 5.09. The summed E-state index contributed by atoms with van der Waals surface area (Å²) in [5.41, 5.74) is 4.06. The lowest BCUT2D eigenvalue weighted by Gasteiger charge is -2.01. The Morgan fingerprint density at radius 1 is 1.29 bits per heavy atom. The van der Waals surface area contributed by atoms with Crippen LogP contribution in [0.2, 0.25) is 0 Å². The summed E-state index contributed by atoms with van der Waals surface area (Å²) in [6.45, 7) is 1.88. The number of rotatable bonds is 3. The van der Waals surface area contributed by atoms with Crippen LogP contribution in [-0.4, -0.2) is 16.4 Å². The Morgan fingerprint density at radius 2 is 2.12 bits per heavy atom. The number of hydrogen-bond acceptors (Lipinski definition) is 4. The molecule has 1 aromatic heterocycles. The molecule has 0 amide bonds. The zero-order chi connectivity index (χ0) is 12.1. The quantitative estimate of drug-likeness (QED) is 0.650. The second-order valence-electron chi connectivity index (χ2n) is 3.45. The Bertz CT molecular complexity index is 540. The van der Waals surface area contributed by atoms with Gasteiger partial charge in [0.1, 0.15) is 5.82 Å². The van der Waals surface area contributed by atoms with Crippen molar-refractivity contribution in [2.75, 3.05) is 5.43 Å². The molecule has 1 aromatic carbocycles. The van der Waals surface area contributed by atoms with Crippen molar-refractivity contribution in [1.82, 2.24) is 10.2 Å². The molecular weight excluding hydrogens is 219 g/mol. The van der Waals surface area contributed by atoms with Crippen LogP contribution in [0.5, 0.6) is 0 Å². The Kier molecular flexibility index (Phi) is 3.40. The van der Waals surface area contributed by atoms with Crippen LogP contribution in [0.25, 0.3) is 0 Å². The molecule has 0 saturated heterocycles. The first-order valence-electron chi connectivity index (χ1n) is 5.09. The molecule has 0 aliphatic heterocycles. The molecule has 0 aliphatic rings. The number of halogens is 1. The molecule has 4 nitrogen and oxygen atoms in total. The summed E-state index contributed by atoms with van der Waals surface area (Å²) in [7, 11) is 0. The fraction of sp³-hybridized carbons (Fsp3) is 0.0833. The van der Waals surface area contributed by atoms with E-state index >= 15 is 0 Å². The van der Waals surface area contributed by atoms with Crippen LogP contribution in [0.15, 0.2) is 41.6 Å². The molecule has 86 valence electrons. The largest absolute Gasteiger partial charge is 0.260 e. The summed E-state index contributed by atoms with van der Waals surface area (Å²) in [6.07, 6.45) is 3.00. The van der Waals surface area contributed by atoms with Crippen LogP contribution in [0.4, 0.5) is 10.2 Å². The third kappa shape index (κ3) is 2.84. The summed E-state index contributed by atoms with van der Waals surface area (Å²) in [5, 5.41) is 11.5. The van der Waals surface area contributed by atoms with Crippen molar-refractivity contribution in [1.29, 1.82) is 0 Å². The van der Waals surface area contributed by atoms with Gasteiger partial charge in [-0.2, -0.15) is 10.2 Å². The maximum absolute atomic E-state index is 13.2. The predicted octanol–water partition coefficient (Wildman–Crippen LogP) is 2.37. The van der Waals surface area contributed by atoms with Gasteiger partial charge in [0.25, 0.3) is 0 Å². The van der Waals surface area contributed by atoms with E-state index < -0.39 is 0 Å². The number of nitrogens with zero attached hydrogens (tertiary/aromatic N) is 3. The third-order valence-electron chi connectivity index (χ3n) is 2.20. The van der Waals surface area contributed by atoms with Crippen molar-refractivity contribution in [2.24, 2.45) is 5.10 Å². The monoisotopic (exact) mass is 230 g/mol. The molecule has 0 spiro atoms. The minimum absolute atomic E-state index is 0.311. The van der Waals surface area contributed by atoms with Gasteiger partial charge in [-0.15, -0.1) is 5.10 Å². The van der Waals surface area contributed by atoms with E-state index in [-0.39, 0.29) is 5.82 Å². The SMILES string of the molecule is Cc1ccnnc1N/N=C/c1ccccc1F. The Morgan fingerprint density at radius 3 is 2.88 bits per heavy atom. The van der Waals surface area contributed by atoms with Crippen molar-refractivity contribution in [3.05, 3.63) is 53.5 Å². The summed E-state index contributed by atoms with van der Waals surface area (Å²) in [5.74, 6) is 0.244. The van der Waals surface area contributed by atoms with E-state index in [0.717, 1.165) is 5.56 Å². The predicted molar refractivity (Wildman–Crippen MR) is 64.4 cm³/mol. The van der Waals surface area contributed by atoms with Crippen LogP contribution >= 0.6 is 0 Å². The number of aryl methyl sites for hydroxylation is 1. The van der Waals surface area contributed by atoms with E-state index in [2.05, 4.69) is 20.7 Å². The zero-order valence-electron chi connectivity index (χ0n) is 9.26. The standard InChI is InChI=1S/C12H11FN4/c1-9-6-7-14-16-12(9)17-15-8-10-4-2-3-5-11(10)13/h2-8H,1H3,(H,16,17)/b15-8+. The lowest BCUT2D eigenvalue weighted by atomic mass is 10.2. The highest BCUT2D eigenvalue weighted by atomic mass is 19.1. The minimum Gasteiger partial charge on any atom is -0.260 e. The van der Waals surface area contributed by atoms with Gasteiger partial charge in [0.15, 0.2) is 5.82 Å². The van der Waals surface area contributed by atoms with Crippen LogP contribution in [-0.2, 0) is 0 Å². The molecule has 5 heteroatoms. The van der Waals surface area contributed by atoms with Gasteiger partial charge in [0, 0.05) is 5.56 Å². The summed E-state index contributed by atoms with van der Waals surface area (Å²) >= 11 is 0. The topological polar surface area (TPSA) is 50.2 Å². The highest BCUT2D eigenvalue weighted by molar-refractivity contribution is 5.80. The lowest BCUT2D eigenvalue weighted by molar-refractivity contribution is 0.626. The number of nitrogens with one attached hydrogen (secondary N) is 1. The number of hydrazone groups is 1. The number of benzene rings is 1. The van der Waals surface area contributed by atoms with Crippen molar-refractivity contribution in [3.63, 3.8) is 0 Å². The van der Waals surface area contributed by atoms with Gasteiger partial charge in [-0.1, -0.05) is 18.2 Å². The highest BCUT2D eigenvalue weighted by Crippen LogP contribution is 2.08. The molecule has 0 aliphatic carbocycles. The average Bonchev–Trinajstić information content (AvgIpc) is 2.34. The maximum atomic E-state index is 13.2. The average molecular weight is 230 g/mol. The highest BCUT2D eigenvalue weighted by Gasteiger charge is 1.98. The van der Waals surface area contributed by atoms with E-state index in [0.29, 0.717) is 11.4 Å². The van der Waals surface area contributed by atoms with E-state index in [1.165, 1.54) is 12.3 Å². The lowest BCUT2D eigenvalue weighted by Crippen LogP contribution is -1.98. The molecule has 2 aromatic rings. The van der Waals surface area contributed by atoms with Gasteiger partial charge in [-0.05, 0) is 24.6 Å². The number of aromatic nitrogens is 2. The van der Waals surface area contributed by atoms with Gasteiger partial charge in [-0.3, -0.25) is 5.43 Å². The van der Waals surface area contributed by atoms with Crippen molar-refractivity contribution < 1.29 is 4.39 Å². The van der Waals surface area contributed by atoms with Gasteiger partial charge >= 0.3 is 0 Å². The molecule has 0 atom stereocenters. The fourth-order valence-corrected chi connectivity index (χ4v) is 1.25. The van der Waals surface area contributed by atoms with Gasteiger partial charge in [-0.25, -0.2) is 4.39 Å². The molecule has 1 heterocycles. The second-order valence-corrected chi connectivity index (χ2v) is 3.45. The Balaban J connectivity index is 2.09. The Hall–Kier alpha value is -2.30. The number of hydrogen-bond donors (Lipinski definition) is 1. The zero-order valence-corrected chi connectivity index (χ0v) is 9.26. The minimum atomic E-state index is -0.311. The molecular formula is C12H11FN4. The molecule has 0 bridgehead atoms. The van der Waals surface area contributed by atoms with Crippen LogP contribution in [0.3, 0.4) is 0 Å². The summed E-state index contributed by atoms with van der Waals surface area (Å²) in [4.78, 5) is 0. The first-order chi connectivity index (χ1) is 8.27. The number of anilines is 1. The molecule has 1 N–H and O–H groups in total. The van der Waals surface area contributed by atoms with Gasteiger partial charge < -0.3 is 0 Å².